The molecule has 0 aliphatic rings. The molecule has 0 saturated heterocycles. The Kier molecular flexibility index (Phi) is 48.4. The summed E-state index contributed by atoms with van der Waals surface area (Å²) in [5.74, 6) is 0. The third kappa shape index (κ3) is 25.3. The Morgan fingerprint density at radius 1 is 1.00 bits per heavy atom. The van der Waals surface area contributed by atoms with E-state index >= 15 is 0 Å². The molecule has 1 nitrogen and oxygen atoms in total. The molecule has 0 fully saturated rings. The van der Waals surface area contributed by atoms with E-state index in [1.807, 2.05) is 0 Å². The minimum Gasteiger partial charge on any atom is -0.344 e. The van der Waals surface area contributed by atoms with Crippen molar-refractivity contribution in [2.24, 2.45) is 0 Å². The molecule has 0 aromatic heterocycles. The highest BCUT2D eigenvalue weighted by molar-refractivity contribution is 8.93. The van der Waals surface area contributed by atoms with Crippen LogP contribution < -0.4 is 6.15 Å². The molecule has 0 aromatic rings. The molecule has 3 N–H and O–H groups in total. The summed E-state index contributed by atoms with van der Waals surface area (Å²) in [4.78, 5) is 0. The summed E-state index contributed by atoms with van der Waals surface area (Å²) in [6, 6.07) is 0. The summed E-state index contributed by atoms with van der Waals surface area (Å²) in [6.45, 7) is 4.36. The SMILES string of the molecule is Br.CCCC.N. The van der Waals surface area contributed by atoms with E-state index in [2.05, 4.69) is 13.8 Å². The highest BCUT2D eigenvalue weighted by Crippen LogP contribution is 1.76. The van der Waals surface area contributed by atoms with E-state index in [1.165, 1.54) is 12.8 Å². The lowest BCUT2D eigenvalue weighted by Crippen LogP contribution is -1.47. The third-order valence-electron chi connectivity index (χ3n) is 0.500. The molecule has 0 radical (unpaired) electrons. The fourth-order valence-electron chi connectivity index (χ4n) is 0. The maximum atomic E-state index is 2.18. The Bertz CT molecular complexity index is 9.51. The first-order valence-electron chi connectivity index (χ1n) is 1.91. The van der Waals surface area contributed by atoms with Gasteiger partial charge in [-0.2, -0.15) is 0 Å². The van der Waals surface area contributed by atoms with Gasteiger partial charge in [0.25, 0.3) is 0 Å². The summed E-state index contributed by atoms with van der Waals surface area (Å²) >= 11 is 0. The molecule has 0 bridgehead atoms. The van der Waals surface area contributed by atoms with Crippen LogP contribution in [0, 0.1) is 0 Å². The van der Waals surface area contributed by atoms with Gasteiger partial charge in [0.05, 0.1) is 0 Å². The van der Waals surface area contributed by atoms with Crippen molar-refractivity contribution in [3.05, 3.63) is 0 Å². The van der Waals surface area contributed by atoms with Crippen molar-refractivity contribution in [3.8, 4) is 0 Å². The predicted molar refractivity (Wildman–Crippen MR) is 35.9 cm³/mol. The fraction of sp³-hybridized carbons (Fsp3) is 1.00. The molecule has 0 aliphatic heterocycles. The Morgan fingerprint density at radius 3 is 1.17 bits per heavy atom. The maximum Gasteiger partial charge on any atom is -0.0564 e. The molecule has 0 aromatic carbocycles. The second kappa shape index (κ2) is 18.0. The van der Waals surface area contributed by atoms with Crippen molar-refractivity contribution in [2.45, 2.75) is 26.7 Å². The highest BCUT2D eigenvalue weighted by atomic mass is 79.9. The third-order valence-corrected chi connectivity index (χ3v) is 0.500. The van der Waals surface area contributed by atoms with Gasteiger partial charge >= 0.3 is 0 Å². The van der Waals surface area contributed by atoms with Crippen LogP contribution >= 0.6 is 17.0 Å². The van der Waals surface area contributed by atoms with Crippen molar-refractivity contribution < 1.29 is 0 Å². The van der Waals surface area contributed by atoms with E-state index in [-0.39, 0.29) is 23.1 Å². The number of hydrogen-bond acceptors (Lipinski definition) is 1. The van der Waals surface area contributed by atoms with Gasteiger partial charge in [-0.3, -0.25) is 0 Å². The van der Waals surface area contributed by atoms with Gasteiger partial charge in [-0.1, -0.05) is 26.7 Å². The molecule has 2 heteroatoms. The first kappa shape index (κ1) is 16.1. The molecule has 0 aliphatic carbocycles. The Labute approximate surface area is 50.5 Å². The van der Waals surface area contributed by atoms with Crippen molar-refractivity contribution in [3.63, 3.8) is 0 Å². The number of rotatable bonds is 1. The minimum absolute atomic E-state index is 0. The predicted octanol–water partition coefficient (Wildman–Crippen LogP) is 2.55. The summed E-state index contributed by atoms with van der Waals surface area (Å²) in [6.07, 6.45) is 2.64. The van der Waals surface area contributed by atoms with Gasteiger partial charge in [-0.15, -0.1) is 17.0 Å². The molecule has 0 amide bonds. The quantitative estimate of drug-likeness (QED) is 0.621. The lowest BCUT2D eigenvalue weighted by Gasteiger charge is -1.68. The van der Waals surface area contributed by atoms with Crippen LogP contribution in [0.5, 0.6) is 0 Å². The minimum atomic E-state index is 0. The van der Waals surface area contributed by atoms with Crippen LogP contribution in [0.2, 0.25) is 0 Å². The molecule has 0 unspecified atom stereocenters. The largest absolute Gasteiger partial charge is 0.344 e. The zero-order valence-corrected chi connectivity index (χ0v) is 6.24. The van der Waals surface area contributed by atoms with Crippen LogP contribution in [-0.4, -0.2) is 0 Å². The lowest BCUT2D eigenvalue weighted by atomic mass is 10.4. The number of hydrogen-bond donors (Lipinski definition) is 1. The zero-order chi connectivity index (χ0) is 3.41. The van der Waals surface area contributed by atoms with Gasteiger partial charge in [0.15, 0.2) is 0 Å². The number of halogens is 1. The van der Waals surface area contributed by atoms with E-state index in [9.17, 15) is 0 Å². The van der Waals surface area contributed by atoms with E-state index < -0.39 is 0 Å². The zero-order valence-electron chi connectivity index (χ0n) is 4.53. The molecule has 6 heavy (non-hydrogen) atoms. The summed E-state index contributed by atoms with van der Waals surface area (Å²) < 4.78 is 0. The second-order valence-corrected chi connectivity index (χ2v) is 1.000. The Morgan fingerprint density at radius 2 is 1.17 bits per heavy atom. The van der Waals surface area contributed by atoms with E-state index in [0.29, 0.717) is 0 Å². The topological polar surface area (TPSA) is 35.0 Å². The van der Waals surface area contributed by atoms with Crippen LogP contribution in [0.4, 0.5) is 0 Å². The van der Waals surface area contributed by atoms with Gasteiger partial charge in [0.1, 0.15) is 0 Å². The van der Waals surface area contributed by atoms with Crippen LogP contribution in [-0.2, 0) is 0 Å². The molecule has 0 spiro atoms. The standard InChI is InChI=1S/C4H10.BrH.H3N/c1-3-4-2;;/h3-4H2,1-2H3;1H;1H3. The first-order chi connectivity index (χ1) is 1.91. The maximum absolute atomic E-state index is 2.18. The van der Waals surface area contributed by atoms with Crippen molar-refractivity contribution in [1.29, 1.82) is 0 Å². The number of unbranched alkanes of at least 4 members (excludes halogenated alkanes) is 1. The van der Waals surface area contributed by atoms with Crippen LogP contribution in [0.1, 0.15) is 26.7 Å². The Hall–Kier alpha value is 0.440. The highest BCUT2D eigenvalue weighted by Gasteiger charge is 1.56. The molecule has 0 saturated carbocycles. The summed E-state index contributed by atoms with van der Waals surface area (Å²) in [5.41, 5.74) is 0. The van der Waals surface area contributed by atoms with E-state index in [1.54, 1.807) is 0 Å². The summed E-state index contributed by atoms with van der Waals surface area (Å²) in [5, 5.41) is 0. The normalized spacial score (nSPS) is 5.00. The van der Waals surface area contributed by atoms with E-state index in [0.717, 1.165) is 0 Å². The Balaban J connectivity index is -0.0000000450. The molecular formula is C4H14BrN. The van der Waals surface area contributed by atoms with Crippen molar-refractivity contribution in [2.75, 3.05) is 0 Å². The lowest BCUT2D eigenvalue weighted by molar-refractivity contribution is 0.886. The average Bonchev–Trinajstić information content (AvgIpc) is 1.37. The molecule has 0 atom stereocenters. The van der Waals surface area contributed by atoms with Gasteiger partial charge in [-0.25, -0.2) is 0 Å². The van der Waals surface area contributed by atoms with Crippen LogP contribution in [0.15, 0.2) is 0 Å². The van der Waals surface area contributed by atoms with Crippen LogP contribution in [0.25, 0.3) is 0 Å². The molecular weight excluding hydrogens is 142 g/mol. The molecule has 42 valence electrons. The fourth-order valence-corrected chi connectivity index (χ4v) is 0. The van der Waals surface area contributed by atoms with Crippen molar-refractivity contribution in [1.82, 2.24) is 6.15 Å². The summed E-state index contributed by atoms with van der Waals surface area (Å²) in [7, 11) is 0. The molecule has 0 rings (SSSR count). The molecule has 0 heterocycles. The smallest absolute Gasteiger partial charge is 0.0564 e. The average molecular weight is 156 g/mol. The van der Waals surface area contributed by atoms with Crippen LogP contribution in [0.3, 0.4) is 0 Å². The van der Waals surface area contributed by atoms with Gasteiger partial charge in [-0.05, 0) is 0 Å². The van der Waals surface area contributed by atoms with E-state index in [4.69, 9.17) is 0 Å². The van der Waals surface area contributed by atoms with Crippen molar-refractivity contribution >= 4 is 17.0 Å². The van der Waals surface area contributed by atoms with Gasteiger partial charge < -0.3 is 6.15 Å². The van der Waals surface area contributed by atoms with Gasteiger partial charge in [0, 0.05) is 0 Å². The second-order valence-electron chi connectivity index (χ2n) is 1.000. The first-order valence-corrected chi connectivity index (χ1v) is 1.91. The monoisotopic (exact) mass is 155 g/mol. The van der Waals surface area contributed by atoms with Gasteiger partial charge in [0.2, 0.25) is 0 Å².